The number of benzene rings is 1. The van der Waals surface area contributed by atoms with Crippen molar-refractivity contribution < 1.29 is 0 Å². The molecule has 2 nitrogen and oxygen atoms in total. The van der Waals surface area contributed by atoms with E-state index in [0.29, 0.717) is 6.04 Å². The predicted octanol–water partition coefficient (Wildman–Crippen LogP) is 3.14. The van der Waals surface area contributed by atoms with Crippen LogP contribution in [-0.2, 0) is 6.54 Å². The third-order valence-electron chi connectivity index (χ3n) is 4.43. The Morgan fingerprint density at radius 2 is 2.05 bits per heavy atom. The van der Waals surface area contributed by atoms with E-state index in [2.05, 4.69) is 52.3 Å². The minimum atomic E-state index is 0.709. The Kier molecular flexibility index (Phi) is 5.40. The van der Waals surface area contributed by atoms with Crippen LogP contribution in [0.15, 0.2) is 30.3 Å². The van der Waals surface area contributed by atoms with Gasteiger partial charge in [0.05, 0.1) is 0 Å². The molecule has 1 aromatic rings. The molecule has 2 aliphatic heterocycles. The molecule has 0 bridgehead atoms. The van der Waals surface area contributed by atoms with E-state index in [1.165, 1.54) is 56.6 Å². The molecule has 0 aromatic heterocycles. The van der Waals surface area contributed by atoms with Crippen molar-refractivity contribution in [2.75, 3.05) is 25.4 Å². The van der Waals surface area contributed by atoms with Gasteiger partial charge in [0, 0.05) is 37.5 Å². The van der Waals surface area contributed by atoms with Gasteiger partial charge in [0.15, 0.2) is 0 Å². The topological polar surface area (TPSA) is 15.3 Å². The van der Waals surface area contributed by atoms with Crippen LogP contribution in [0.1, 0.15) is 31.2 Å². The largest absolute Gasteiger partial charge is 0.312 e. The Bertz CT molecular complexity index is 389. The van der Waals surface area contributed by atoms with Crippen molar-refractivity contribution in [2.24, 2.45) is 0 Å². The lowest BCUT2D eigenvalue weighted by Gasteiger charge is -2.23. The summed E-state index contributed by atoms with van der Waals surface area (Å²) in [5.41, 5.74) is 1.44. The summed E-state index contributed by atoms with van der Waals surface area (Å²) in [6, 6.07) is 11.6. The van der Waals surface area contributed by atoms with E-state index in [-0.39, 0.29) is 0 Å². The smallest absolute Gasteiger partial charge is 0.0234 e. The molecule has 2 unspecified atom stereocenters. The van der Waals surface area contributed by atoms with Gasteiger partial charge in [-0.25, -0.2) is 0 Å². The zero-order chi connectivity index (χ0) is 13.6. The Hall–Kier alpha value is -0.510. The van der Waals surface area contributed by atoms with E-state index >= 15 is 0 Å². The summed E-state index contributed by atoms with van der Waals surface area (Å²) in [5.74, 6) is 1.37. The number of rotatable bonds is 5. The molecule has 2 saturated heterocycles. The van der Waals surface area contributed by atoms with Gasteiger partial charge in [0.25, 0.3) is 0 Å². The maximum Gasteiger partial charge on any atom is 0.0234 e. The molecule has 2 fully saturated rings. The summed E-state index contributed by atoms with van der Waals surface area (Å²) in [7, 11) is 0. The third kappa shape index (κ3) is 4.24. The van der Waals surface area contributed by atoms with E-state index in [1.807, 2.05) is 0 Å². The van der Waals surface area contributed by atoms with E-state index in [4.69, 9.17) is 0 Å². The fourth-order valence-electron chi connectivity index (χ4n) is 3.25. The van der Waals surface area contributed by atoms with Gasteiger partial charge in [-0.15, -0.1) is 0 Å². The summed E-state index contributed by atoms with van der Waals surface area (Å²) in [6.45, 7) is 4.78. The zero-order valence-electron chi connectivity index (χ0n) is 12.3. The number of likely N-dealkylation sites (tertiary alicyclic amines) is 1. The highest BCUT2D eigenvalue weighted by Crippen LogP contribution is 2.24. The predicted molar refractivity (Wildman–Crippen MR) is 88.2 cm³/mol. The van der Waals surface area contributed by atoms with E-state index in [0.717, 1.165) is 11.8 Å². The van der Waals surface area contributed by atoms with Crippen LogP contribution in [0.4, 0.5) is 0 Å². The van der Waals surface area contributed by atoms with Crippen LogP contribution in [0.25, 0.3) is 0 Å². The van der Waals surface area contributed by atoms with Crippen molar-refractivity contribution in [3.63, 3.8) is 0 Å². The number of hydrogen-bond donors (Lipinski definition) is 1. The van der Waals surface area contributed by atoms with E-state index < -0.39 is 0 Å². The molecular formula is C17H26N2S. The molecule has 0 amide bonds. The molecular weight excluding hydrogens is 264 g/mol. The Morgan fingerprint density at radius 1 is 1.15 bits per heavy atom. The first-order valence-corrected chi connectivity index (χ1v) is 9.06. The molecule has 3 rings (SSSR count). The van der Waals surface area contributed by atoms with Gasteiger partial charge in [-0.2, -0.15) is 11.8 Å². The van der Waals surface area contributed by atoms with Crippen molar-refractivity contribution >= 4 is 11.8 Å². The minimum Gasteiger partial charge on any atom is -0.312 e. The average Bonchev–Trinajstić information content (AvgIpc) is 2.95. The molecule has 2 aliphatic rings. The van der Waals surface area contributed by atoms with Gasteiger partial charge < -0.3 is 5.32 Å². The summed E-state index contributed by atoms with van der Waals surface area (Å²) in [6.07, 6.45) is 5.59. The number of hydrogen-bond acceptors (Lipinski definition) is 3. The third-order valence-corrected chi connectivity index (χ3v) is 5.83. The van der Waals surface area contributed by atoms with Crippen LogP contribution in [0, 0.1) is 0 Å². The molecule has 1 aromatic carbocycles. The van der Waals surface area contributed by atoms with E-state index in [9.17, 15) is 0 Å². The molecule has 0 radical (unpaired) electrons. The van der Waals surface area contributed by atoms with Gasteiger partial charge in [-0.3, -0.25) is 4.90 Å². The van der Waals surface area contributed by atoms with E-state index in [1.54, 1.807) is 0 Å². The molecule has 0 spiro atoms. The second kappa shape index (κ2) is 7.48. The van der Waals surface area contributed by atoms with Crippen LogP contribution in [0.2, 0.25) is 0 Å². The lowest BCUT2D eigenvalue weighted by molar-refractivity contribution is 0.320. The van der Waals surface area contributed by atoms with Gasteiger partial charge in [0.2, 0.25) is 0 Å². The lowest BCUT2D eigenvalue weighted by atomic mass is 10.1. The summed E-state index contributed by atoms with van der Waals surface area (Å²) in [5, 5.41) is 4.67. The van der Waals surface area contributed by atoms with Crippen molar-refractivity contribution in [1.29, 1.82) is 0 Å². The highest BCUT2D eigenvalue weighted by molar-refractivity contribution is 7.99. The second-order valence-electron chi connectivity index (χ2n) is 6.10. The molecule has 3 heteroatoms. The fraction of sp³-hybridized carbons (Fsp3) is 0.647. The van der Waals surface area contributed by atoms with Gasteiger partial charge in [-0.05, 0) is 30.6 Å². The maximum absolute atomic E-state index is 3.80. The maximum atomic E-state index is 3.80. The van der Waals surface area contributed by atoms with Crippen LogP contribution < -0.4 is 5.32 Å². The summed E-state index contributed by atoms with van der Waals surface area (Å²) >= 11 is 2.17. The Labute approximate surface area is 127 Å². The van der Waals surface area contributed by atoms with Crippen LogP contribution in [-0.4, -0.2) is 41.6 Å². The molecule has 0 aliphatic carbocycles. The first-order valence-electron chi connectivity index (χ1n) is 8.01. The first-order chi connectivity index (χ1) is 9.90. The number of nitrogens with zero attached hydrogens (tertiary/aromatic N) is 1. The zero-order valence-corrected chi connectivity index (χ0v) is 13.1. The Morgan fingerprint density at radius 3 is 2.85 bits per heavy atom. The highest BCUT2D eigenvalue weighted by atomic mass is 32.2. The molecule has 20 heavy (non-hydrogen) atoms. The second-order valence-corrected chi connectivity index (χ2v) is 7.51. The van der Waals surface area contributed by atoms with Gasteiger partial charge in [-0.1, -0.05) is 36.8 Å². The molecule has 2 atom stereocenters. The van der Waals surface area contributed by atoms with Crippen LogP contribution in [0.5, 0.6) is 0 Å². The molecule has 2 heterocycles. The van der Waals surface area contributed by atoms with Gasteiger partial charge >= 0.3 is 0 Å². The van der Waals surface area contributed by atoms with Crippen molar-refractivity contribution in [2.45, 2.75) is 43.5 Å². The SMILES string of the molecule is c1ccc(CN2CCC(NCC3CCCCS3)C2)cc1. The molecule has 1 N–H and O–H groups in total. The quantitative estimate of drug-likeness (QED) is 0.897. The Balaban J connectivity index is 1.38. The minimum absolute atomic E-state index is 0.709. The standard InChI is InChI=1S/C17H26N2S/c1-2-6-15(7-3-1)13-19-10-9-16(14-19)18-12-17-8-4-5-11-20-17/h1-3,6-7,16-18H,4-5,8-14H2. The first kappa shape index (κ1) is 14.4. The normalized spacial score (nSPS) is 27.8. The fourth-order valence-corrected chi connectivity index (χ4v) is 4.50. The number of thioether (sulfide) groups is 1. The number of nitrogens with one attached hydrogen (secondary N) is 1. The summed E-state index contributed by atoms with van der Waals surface area (Å²) < 4.78 is 0. The molecule has 0 saturated carbocycles. The highest BCUT2D eigenvalue weighted by Gasteiger charge is 2.23. The van der Waals surface area contributed by atoms with Crippen LogP contribution >= 0.6 is 11.8 Å². The average molecular weight is 290 g/mol. The monoisotopic (exact) mass is 290 g/mol. The van der Waals surface area contributed by atoms with Crippen molar-refractivity contribution in [3.05, 3.63) is 35.9 Å². The lowest BCUT2D eigenvalue weighted by Crippen LogP contribution is -2.37. The van der Waals surface area contributed by atoms with Crippen molar-refractivity contribution in [1.82, 2.24) is 10.2 Å². The van der Waals surface area contributed by atoms with Gasteiger partial charge in [0.1, 0.15) is 0 Å². The molecule has 110 valence electrons. The van der Waals surface area contributed by atoms with Crippen LogP contribution in [0.3, 0.4) is 0 Å². The summed E-state index contributed by atoms with van der Waals surface area (Å²) in [4.78, 5) is 2.58. The van der Waals surface area contributed by atoms with Crippen molar-refractivity contribution in [3.8, 4) is 0 Å².